The minimum absolute atomic E-state index is 0.406. The molecule has 0 saturated heterocycles. The fourth-order valence-electron chi connectivity index (χ4n) is 1.71. The van der Waals surface area contributed by atoms with E-state index in [4.69, 9.17) is 0 Å². The first-order valence-corrected chi connectivity index (χ1v) is 8.08. The van der Waals surface area contributed by atoms with Crippen LogP contribution < -0.4 is 4.72 Å². The summed E-state index contributed by atoms with van der Waals surface area (Å²) in [6.07, 6.45) is 2.99. The van der Waals surface area contributed by atoms with Crippen LogP contribution in [-0.4, -0.2) is 15.0 Å². The summed E-state index contributed by atoms with van der Waals surface area (Å²) in [6.45, 7) is 2.53. The van der Waals surface area contributed by atoms with E-state index in [2.05, 4.69) is 20.7 Å². The average Bonchev–Trinajstić information content (AvgIpc) is 3.09. The van der Waals surface area contributed by atoms with Crippen molar-refractivity contribution in [1.29, 1.82) is 0 Å². The summed E-state index contributed by atoms with van der Waals surface area (Å²) in [5, 5.41) is 0. The maximum Gasteiger partial charge on any atom is 0.240 e. The number of aryl methyl sites for hydroxylation is 1. The molecular formula is C12H16BrNO2S. The Morgan fingerprint density at radius 1 is 1.41 bits per heavy atom. The number of halogens is 1. The van der Waals surface area contributed by atoms with Crippen LogP contribution in [0.15, 0.2) is 27.6 Å². The summed E-state index contributed by atoms with van der Waals surface area (Å²) >= 11 is 3.36. The van der Waals surface area contributed by atoms with E-state index in [0.717, 1.165) is 22.9 Å². The Hall–Kier alpha value is -0.390. The lowest BCUT2D eigenvalue weighted by Gasteiger charge is -2.10. The van der Waals surface area contributed by atoms with Gasteiger partial charge in [-0.1, -0.05) is 22.9 Å². The van der Waals surface area contributed by atoms with Crippen LogP contribution in [0.4, 0.5) is 0 Å². The van der Waals surface area contributed by atoms with Crippen molar-refractivity contribution >= 4 is 26.0 Å². The monoisotopic (exact) mass is 317 g/mol. The standard InChI is InChI=1S/C12H16BrNO2S/c1-2-10-7-11(13)5-6-12(10)17(15,16)14-8-9-3-4-9/h5-7,9,14H,2-4,8H2,1H3. The first-order chi connectivity index (χ1) is 8.03. The molecule has 1 fully saturated rings. The van der Waals surface area contributed by atoms with Crippen LogP contribution in [0, 0.1) is 5.92 Å². The molecule has 0 aromatic heterocycles. The quantitative estimate of drug-likeness (QED) is 0.907. The Morgan fingerprint density at radius 3 is 2.71 bits per heavy atom. The normalized spacial score (nSPS) is 16.1. The minimum atomic E-state index is -3.35. The molecule has 17 heavy (non-hydrogen) atoms. The summed E-state index contributed by atoms with van der Waals surface area (Å²) in [6, 6.07) is 5.30. The van der Waals surface area contributed by atoms with Crippen LogP contribution in [0.1, 0.15) is 25.3 Å². The molecule has 0 aliphatic heterocycles. The molecule has 1 aliphatic rings. The third kappa shape index (κ3) is 3.30. The molecule has 1 saturated carbocycles. The molecule has 0 amide bonds. The van der Waals surface area contributed by atoms with E-state index in [-0.39, 0.29) is 0 Å². The summed E-state index contributed by atoms with van der Waals surface area (Å²) < 4.78 is 27.9. The third-order valence-corrected chi connectivity index (χ3v) is 4.97. The molecular weight excluding hydrogens is 302 g/mol. The van der Waals surface area contributed by atoms with Crippen molar-refractivity contribution in [2.45, 2.75) is 31.1 Å². The Balaban J connectivity index is 2.24. The molecule has 1 aromatic rings. The number of hydrogen-bond acceptors (Lipinski definition) is 2. The zero-order valence-electron chi connectivity index (χ0n) is 9.74. The third-order valence-electron chi connectivity index (χ3n) is 2.95. The van der Waals surface area contributed by atoms with Crippen LogP contribution in [0.3, 0.4) is 0 Å². The molecule has 0 spiro atoms. The average molecular weight is 318 g/mol. The number of hydrogen-bond donors (Lipinski definition) is 1. The maximum absolute atomic E-state index is 12.1. The fraction of sp³-hybridized carbons (Fsp3) is 0.500. The van der Waals surface area contributed by atoms with Crippen LogP contribution in [0.5, 0.6) is 0 Å². The van der Waals surface area contributed by atoms with Gasteiger partial charge in [0.05, 0.1) is 4.90 Å². The maximum atomic E-state index is 12.1. The highest BCUT2D eigenvalue weighted by Crippen LogP contribution is 2.28. The fourth-order valence-corrected chi connectivity index (χ4v) is 3.53. The van der Waals surface area contributed by atoms with Gasteiger partial charge in [-0.2, -0.15) is 0 Å². The van der Waals surface area contributed by atoms with Crippen LogP contribution in [0.2, 0.25) is 0 Å². The Bertz CT molecular complexity index is 509. The summed E-state index contributed by atoms with van der Waals surface area (Å²) in [4.78, 5) is 0.406. The molecule has 0 atom stereocenters. The van der Waals surface area contributed by atoms with Crippen molar-refractivity contribution in [2.75, 3.05) is 6.54 Å². The van der Waals surface area contributed by atoms with Gasteiger partial charge < -0.3 is 0 Å². The summed E-state index contributed by atoms with van der Waals surface area (Å²) in [5.74, 6) is 0.547. The highest BCUT2D eigenvalue weighted by atomic mass is 79.9. The van der Waals surface area contributed by atoms with E-state index < -0.39 is 10.0 Å². The largest absolute Gasteiger partial charge is 0.240 e. The number of nitrogens with one attached hydrogen (secondary N) is 1. The molecule has 3 nitrogen and oxygen atoms in total. The topological polar surface area (TPSA) is 46.2 Å². The van der Waals surface area contributed by atoms with E-state index >= 15 is 0 Å². The molecule has 2 rings (SSSR count). The van der Waals surface area contributed by atoms with E-state index in [0.29, 0.717) is 23.8 Å². The SMILES string of the molecule is CCc1cc(Br)ccc1S(=O)(=O)NCC1CC1. The molecule has 0 heterocycles. The second kappa shape index (κ2) is 5.08. The van der Waals surface area contributed by atoms with Crippen LogP contribution in [-0.2, 0) is 16.4 Å². The van der Waals surface area contributed by atoms with Gasteiger partial charge in [-0.3, -0.25) is 0 Å². The molecule has 0 unspecified atom stereocenters. The van der Waals surface area contributed by atoms with Gasteiger partial charge in [0.2, 0.25) is 10.0 Å². The van der Waals surface area contributed by atoms with Crippen molar-refractivity contribution in [3.63, 3.8) is 0 Å². The van der Waals surface area contributed by atoms with Crippen molar-refractivity contribution in [3.8, 4) is 0 Å². The predicted molar refractivity (Wildman–Crippen MR) is 71.4 cm³/mol. The Labute approximate surface area is 111 Å². The highest BCUT2D eigenvalue weighted by molar-refractivity contribution is 9.10. The zero-order chi connectivity index (χ0) is 12.5. The van der Waals surface area contributed by atoms with Gasteiger partial charge in [0.1, 0.15) is 0 Å². The molecule has 0 bridgehead atoms. The van der Waals surface area contributed by atoms with Crippen molar-refractivity contribution in [2.24, 2.45) is 5.92 Å². The van der Waals surface area contributed by atoms with Gasteiger partial charge in [-0.25, -0.2) is 13.1 Å². The van der Waals surface area contributed by atoms with E-state index in [1.807, 2.05) is 13.0 Å². The molecule has 0 radical (unpaired) electrons. The lowest BCUT2D eigenvalue weighted by molar-refractivity contribution is 0.576. The molecule has 1 aromatic carbocycles. The predicted octanol–water partition coefficient (Wildman–Crippen LogP) is 2.70. The second-order valence-corrected chi connectivity index (χ2v) is 7.05. The lowest BCUT2D eigenvalue weighted by Crippen LogP contribution is -2.26. The number of benzene rings is 1. The summed E-state index contributed by atoms with van der Waals surface area (Å²) in [5.41, 5.74) is 0.850. The lowest BCUT2D eigenvalue weighted by atomic mass is 10.2. The highest BCUT2D eigenvalue weighted by Gasteiger charge is 2.25. The van der Waals surface area contributed by atoms with E-state index in [1.165, 1.54) is 0 Å². The molecule has 1 aliphatic carbocycles. The smallest absolute Gasteiger partial charge is 0.211 e. The van der Waals surface area contributed by atoms with Crippen molar-refractivity contribution in [1.82, 2.24) is 4.72 Å². The van der Waals surface area contributed by atoms with E-state index in [9.17, 15) is 8.42 Å². The first-order valence-electron chi connectivity index (χ1n) is 5.81. The molecule has 1 N–H and O–H groups in total. The van der Waals surface area contributed by atoms with Crippen molar-refractivity contribution in [3.05, 3.63) is 28.2 Å². The molecule has 5 heteroatoms. The zero-order valence-corrected chi connectivity index (χ0v) is 12.1. The number of rotatable bonds is 5. The van der Waals surface area contributed by atoms with Crippen LogP contribution >= 0.6 is 15.9 Å². The number of sulfonamides is 1. The second-order valence-electron chi connectivity index (χ2n) is 4.40. The first kappa shape index (κ1) is 13.1. The Morgan fingerprint density at radius 2 is 2.12 bits per heavy atom. The minimum Gasteiger partial charge on any atom is -0.211 e. The van der Waals surface area contributed by atoms with Crippen molar-refractivity contribution < 1.29 is 8.42 Å². The van der Waals surface area contributed by atoms with E-state index in [1.54, 1.807) is 12.1 Å². The van der Waals surface area contributed by atoms with Gasteiger partial charge in [0.25, 0.3) is 0 Å². The van der Waals surface area contributed by atoms with Crippen LogP contribution in [0.25, 0.3) is 0 Å². The summed E-state index contributed by atoms with van der Waals surface area (Å²) in [7, 11) is -3.35. The van der Waals surface area contributed by atoms with Gasteiger partial charge in [0.15, 0.2) is 0 Å². The van der Waals surface area contributed by atoms with Gasteiger partial charge in [0, 0.05) is 11.0 Å². The van der Waals surface area contributed by atoms with Gasteiger partial charge in [-0.05, 0) is 48.9 Å². The Kier molecular flexibility index (Phi) is 3.90. The molecule has 94 valence electrons. The van der Waals surface area contributed by atoms with Gasteiger partial charge in [-0.15, -0.1) is 0 Å². The van der Waals surface area contributed by atoms with Gasteiger partial charge >= 0.3 is 0 Å².